The molecular weight excluding hydrogens is 669 g/mol. The Labute approximate surface area is 303 Å². The van der Waals surface area contributed by atoms with Crippen molar-refractivity contribution in [2.75, 3.05) is 69.7 Å². The predicted molar refractivity (Wildman–Crippen MR) is 200 cm³/mol. The fourth-order valence-corrected chi connectivity index (χ4v) is 9.04. The first-order valence-corrected chi connectivity index (χ1v) is 19.1. The number of nitrogens with zero attached hydrogens (tertiary/aromatic N) is 5. The summed E-state index contributed by atoms with van der Waals surface area (Å²) >= 11 is 2.89. The van der Waals surface area contributed by atoms with Gasteiger partial charge in [-0.05, 0) is 81.5 Å². The van der Waals surface area contributed by atoms with Gasteiger partial charge in [0.2, 0.25) is 5.91 Å². The number of aryl methyl sites for hydroxylation is 1. The van der Waals surface area contributed by atoms with Crippen molar-refractivity contribution in [1.82, 2.24) is 19.7 Å². The van der Waals surface area contributed by atoms with Crippen LogP contribution in [0.1, 0.15) is 65.8 Å². The van der Waals surface area contributed by atoms with E-state index in [2.05, 4.69) is 31.9 Å². The number of nitrogens with one attached hydrogen (secondary N) is 1. The van der Waals surface area contributed by atoms with Crippen molar-refractivity contribution in [3.8, 4) is 17.6 Å². The van der Waals surface area contributed by atoms with Crippen molar-refractivity contribution in [1.29, 1.82) is 0 Å². The molecule has 1 saturated carbocycles. The Morgan fingerprint density at radius 2 is 1.62 bits per heavy atom. The number of rotatable bonds is 8. The smallest absolute Gasteiger partial charge is 0.257 e. The lowest BCUT2D eigenvalue weighted by molar-refractivity contribution is -0.130. The Hall–Kier alpha value is -4.05. The predicted octanol–water partition coefficient (Wildman–Crippen LogP) is 5.87. The minimum absolute atomic E-state index is 0.0215. The molecule has 1 aliphatic carbocycles. The molecule has 1 aromatic heterocycles. The van der Waals surface area contributed by atoms with E-state index in [0.717, 1.165) is 46.5 Å². The Kier molecular flexibility index (Phi) is 11.7. The molecule has 6 rings (SSSR count). The van der Waals surface area contributed by atoms with Crippen molar-refractivity contribution >= 4 is 51.6 Å². The number of methoxy groups -OCH3 is 1. The maximum absolute atomic E-state index is 13.5. The summed E-state index contributed by atoms with van der Waals surface area (Å²) in [5, 5.41) is 3.46. The quantitative estimate of drug-likeness (QED) is 0.290. The number of benzene rings is 2. The van der Waals surface area contributed by atoms with Crippen LogP contribution in [0.15, 0.2) is 51.7 Å². The second-order valence-electron chi connectivity index (χ2n) is 13.1. The molecule has 12 heteroatoms. The number of amides is 3. The van der Waals surface area contributed by atoms with Crippen LogP contribution in [-0.2, 0) is 4.79 Å². The molecule has 2 saturated heterocycles. The minimum atomic E-state index is -0.200. The number of aromatic nitrogens is 1. The highest BCUT2D eigenvalue weighted by molar-refractivity contribution is 8.01. The third-order valence-corrected chi connectivity index (χ3v) is 12.2. The topological polar surface area (TPSA) is 98.3 Å². The molecule has 0 radical (unpaired) electrons. The van der Waals surface area contributed by atoms with Crippen molar-refractivity contribution in [3.63, 3.8) is 0 Å². The molecule has 50 heavy (non-hydrogen) atoms. The van der Waals surface area contributed by atoms with Gasteiger partial charge < -0.3 is 19.4 Å². The highest BCUT2D eigenvalue weighted by atomic mass is 32.2. The van der Waals surface area contributed by atoms with Gasteiger partial charge in [0.15, 0.2) is 5.13 Å². The SMILES string of the molecule is CC#CC1CCC(N2CCN(c3ccc(C(=O)Nc4ncc(Sc5cc(C(=O)N6CCN(C(C)=O)CC6)c(OC)cc5C)s4)cc3)CC2)CC1. The zero-order valence-corrected chi connectivity index (χ0v) is 31.0. The second kappa shape index (κ2) is 16.3. The van der Waals surface area contributed by atoms with Gasteiger partial charge in [-0.2, -0.15) is 0 Å². The van der Waals surface area contributed by atoms with E-state index in [9.17, 15) is 14.4 Å². The number of carbonyl (C=O) groups is 3. The number of carbonyl (C=O) groups excluding carboxylic acids is 3. The molecule has 264 valence electrons. The van der Waals surface area contributed by atoms with Crippen molar-refractivity contribution in [3.05, 3.63) is 59.3 Å². The van der Waals surface area contributed by atoms with E-state index in [-0.39, 0.29) is 17.7 Å². The van der Waals surface area contributed by atoms with E-state index in [1.165, 1.54) is 48.8 Å². The Morgan fingerprint density at radius 1 is 0.940 bits per heavy atom. The summed E-state index contributed by atoms with van der Waals surface area (Å²) in [5.41, 5.74) is 3.18. The number of thiazole rings is 1. The van der Waals surface area contributed by atoms with Gasteiger partial charge in [-0.1, -0.05) is 23.1 Å². The van der Waals surface area contributed by atoms with Gasteiger partial charge in [-0.3, -0.25) is 24.6 Å². The Balaban J connectivity index is 1.02. The van der Waals surface area contributed by atoms with Crippen LogP contribution >= 0.6 is 23.1 Å². The van der Waals surface area contributed by atoms with Crippen LogP contribution in [0.3, 0.4) is 0 Å². The van der Waals surface area contributed by atoms with Gasteiger partial charge in [0.1, 0.15) is 5.75 Å². The zero-order chi connectivity index (χ0) is 35.2. The summed E-state index contributed by atoms with van der Waals surface area (Å²) in [6.45, 7) is 11.6. The molecule has 0 bridgehead atoms. The summed E-state index contributed by atoms with van der Waals surface area (Å²) in [6.07, 6.45) is 6.66. The average molecular weight is 715 g/mol. The molecule has 0 unspecified atom stereocenters. The zero-order valence-electron chi connectivity index (χ0n) is 29.4. The van der Waals surface area contributed by atoms with E-state index in [1.54, 1.807) is 30.0 Å². The fourth-order valence-electron chi connectivity index (χ4n) is 7.10. The van der Waals surface area contributed by atoms with E-state index < -0.39 is 0 Å². The molecule has 0 atom stereocenters. The van der Waals surface area contributed by atoms with Gasteiger partial charge in [0, 0.05) is 87.4 Å². The summed E-state index contributed by atoms with van der Waals surface area (Å²) in [7, 11) is 1.56. The first kappa shape index (κ1) is 35.8. The minimum Gasteiger partial charge on any atom is -0.496 e. The summed E-state index contributed by atoms with van der Waals surface area (Å²) in [6, 6.07) is 12.3. The van der Waals surface area contributed by atoms with Crippen molar-refractivity contribution < 1.29 is 19.1 Å². The van der Waals surface area contributed by atoms with Gasteiger partial charge >= 0.3 is 0 Å². The van der Waals surface area contributed by atoms with Gasteiger partial charge in [0.25, 0.3) is 11.8 Å². The molecule has 2 aromatic carbocycles. The van der Waals surface area contributed by atoms with Gasteiger partial charge in [-0.25, -0.2) is 4.98 Å². The lowest BCUT2D eigenvalue weighted by Crippen LogP contribution is -2.51. The van der Waals surface area contributed by atoms with E-state index >= 15 is 0 Å². The average Bonchev–Trinajstić information content (AvgIpc) is 3.59. The number of hydrogen-bond donors (Lipinski definition) is 1. The molecule has 0 spiro atoms. The van der Waals surface area contributed by atoms with E-state index in [0.29, 0.717) is 60.1 Å². The normalized spacial score (nSPS) is 19.8. The summed E-state index contributed by atoms with van der Waals surface area (Å²) < 4.78 is 6.47. The molecule has 2 aliphatic heterocycles. The molecule has 1 N–H and O–H groups in total. The van der Waals surface area contributed by atoms with Crippen LogP contribution in [-0.4, -0.2) is 103 Å². The molecule has 3 amide bonds. The van der Waals surface area contributed by atoms with E-state index in [1.807, 2.05) is 50.2 Å². The third kappa shape index (κ3) is 8.45. The monoisotopic (exact) mass is 714 g/mol. The van der Waals surface area contributed by atoms with Crippen molar-refractivity contribution in [2.24, 2.45) is 5.92 Å². The molecule has 3 aromatic rings. The Bertz CT molecular complexity index is 1740. The van der Waals surface area contributed by atoms with Crippen LogP contribution in [0.2, 0.25) is 0 Å². The maximum Gasteiger partial charge on any atom is 0.257 e. The maximum atomic E-state index is 13.5. The van der Waals surface area contributed by atoms with Gasteiger partial charge in [0.05, 0.1) is 23.1 Å². The number of anilines is 2. The highest BCUT2D eigenvalue weighted by Gasteiger charge is 2.29. The second-order valence-corrected chi connectivity index (χ2v) is 15.5. The number of piperazine rings is 2. The number of ether oxygens (including phenoxy) is 1. The lowest BCUT2D eigenvalue weighted by atomic mass is 9.85. The highest BCUT2D eigenvalue weighted by Crippen LogP contribution is 2.39. The van der Waals surface area contributed by atoms with Crippen LogP contribution in [0.5, 0.6) is 5.75 Å². The fraction of sp³-hybridized carbons (Fsp3) is 0.474. The molecular formula is C38H46N6O4S2. The molecule has 10 nitrogen and oxygen atoms in total. The molecule has 3 aliphatic rings. The van der Waals surface area contributed by atoms with Crippen LogP contribution < -0.4 is 15.0 Å². The summed E-state index contributed by atoms with van der Waals surface area (Å²) in [5.74, 6) is 7.25. The van der Waals surface area contributed by atoms with E-state index in [4.69, 9.17) is 4.74 Å². The first-order chi connectivity index (χ1) is 24.2. The van der Waals surface area contributed by atoms with Gasteiger partial charge in [-0.15, -0.1) is 11.8 Å². The first-order valence-electron chi connectivity index (χ1n) is 17.4. The molecule has 3 heterocycles. The standard InChI is InChI=1S/C38H46N6O4S2/c1-5-6-28-7-11-30(12-8-28)42-17-19-43(20-18-42)31-13-9-29(10-14-31)36(46)40-38-39-25-35(50-38)49-34-24-32(33(48-4)23-26(34)2)37(47)44-21-15-41(16-22-44)27(3)45/h9-10,13-14,23-25,28,30H,7-8,11-12,15-22H2,1-4H3,(H,39,40,46). The Morgan fingerprint density at radius 3 is 2.26 bits per heavy atom. The van der Waals surface area contributed by atoms with Crippen LogP contribution in [0.4, 0.5) is 10.8 Å². The largest absolute Gasteiger partial charge is 0.496 e. The molecule has 3 fully saturated rings. The summed E-state index contributed by atoms with van der Waals surface area (Å²) in [4.78, 5) is 52.3. The van der Waals surface area contributed by atoms with Crippen LogP contribution in [0.25, 0.3) is 0 Å². The third-order valence-electron chi connectivity index (χ3n) is 10.0. The number of hydrogen-bond acceptors (Lipinski definition) is 9. The lowest BCUT2D eigenvalue weighted by Gasteiger charge is -2.42. The van der Waals surface area contributed by atoms with Crippen LogP contribution in [0, 0.1) is 24.7 Å². The van der Waals surface area contributed by atoms with Crippen molar-refractivity contribution in [2.45, 2.75) is 61.6 Å².